The van der Waals surface area contributed by atoms with Crippen molar-refractivity contribution in [3.8, 4) is 11.8 Å². The highest BCUT2D eigenvalue weighted by Crippen LogP contribution is 2.16. The van der Waals surface area contributed by atoms with E-state index in [-0.39, 0.29) is 12.5 Å². The number of anilines is 1. The number of benzene rings is 1. The minimum absolute atomic E-state index is 0.0310. The molecule has 0 saturated carbocycles. The van der Waals surface area contributed by atoms with Gasteiger partial charge in [0.2, 0.25) is 5.91 Å². The van der Waals surface area contributed by atoms with Crippen molar-refractivity contribution in [2.45, 2.75) is 13.3 Å². The maximum absolute atomic E-state index is 11.6. The second-order valence-corrected chi connectivity index (χ2v) is 4.67. The molecule has 0 aliphatic rings. The Morgan fingerprint density at radius 1 is 1.50 bits per heavy atom. The molecule has 0 heterocycles. The number of nitrogens with one attached hydrogen (secondary N) is 1. The van der Waals surface area contributed by atoms with Gasteiger partial charge >= 0.3 is 0 Å². The molecule has 18 heavy (non-hydrogen) atoms. The number of carbonyl (C=O) groups excluding carboxylic acids is 1. The van der Waals surface area contributed by atoms with Gasteiger partial charge in [-0.2, -0.15) is 11.8 Å². The average Bonchev–Trinajstić information content (AvgIpc) is 2.33. The topological polar surface area (TPSA) is 49.3 Å². The standard InChI is InChI=1S/C14H17NO2S/c1-11-6-7-13(15-14(17)10-18-2)12(9-11)5-3-4-8-16/h6-7,9,16H,4,8,10H2,1-2H3,(H,15,17). The lowest BCUT2D eigenvalue weighted by molar-refractivity contribution is -0.113. The van der Waals surface area contributed by atoms with E-state index in [1.165, 1.54) is 11.8 Å². The lowest BCUT2D eigenvalue weighted by atomic mass is 10.1. The Morgan fingerprint density at radius 2 is 2.28 bits per heavy atom. The number of amides is 1. The summed E-state index contributed by atoms with van der Waals surface area (Å²) in [5.41, 5.74) is 2.61. The molecule has 0 radical (unpaired) electrons. The first-order valence-corrected chi connectivity index (χ1v) is 7.06. The first-order chi connectivity index (χ1) is 8.67. The van der Waals surface area contributed by atoms with Crippen LogP contribution in [0.1, 0.15) is 17.5 Å². The summed E-state index contributed by atoms with van der Waals surface area (Å²) in [6.07, 6.45) is 2.32. The van der Waals surface area contributed by atoms with E-state index < -0.39 is 0 Å². The van der Waals surface area contributed by atoms with Crippen molar-refractivity contribution in [3.05, 3.63) is 29.3 Å². The fraction of sp³-hybridized carbons (Fsp3) is 0.357. The SMILES string of the molecule is CSCC(=O)Nc1ccc(C)cc1C#CCCO. The van der Waals surface area contributed by atoms with Gasteiger partial charge in [0.05, 0.1) is 18.0 Å². The summed E-state index contributed by atoms with van der Waals surface area (Å²) in [6.45, 7) is 2.03. The third-order valence-corrected chi connectivity index (χ3v) is 2.74. The lowest BCUT2D eigenvalue weighted by Gasteiger charge is -2.07. The largest absolute Gasteiger partial charge is 0.395 e. The second-order valence-electron chi connectivity index (χ2n) is 3.81. The molecule has 0 spiro atoms. The van der Waals surface area contributed by atoms with E-state index in [9.17, 15) is 4.79 Å². The molecule has 0 aromatic heterocycles. The Bertz CT molecular complexity index is 474. The Balaban J connectivity index is 2.90. The predicted octanol–water partition coefficient (Wildman–Crippen LogP) is 2.03. The highest BCUT2D eigenvalue weighted by molar-refractivity contribution is 7.99. The molecule has 3 nitrogen and oxygen atoms in total. The summed E-state index contributed by atoms with van der Waals surface area (Å²) < 4.78 is 0. The van der Waals surface area contributed by atoms with E-state index >= 15 is 0 Å². The van der Waals surface area contributed by atoms with Crippen LogP contribution in [0, 0.1) is 18.8 Å². The number of aliphatic hydroxyl groups is 1. The summed E-state index contributed by atoms with van der Waals surface area (Å²) in [5.74, 6) is 6.24. The van der Waals surface area contributed by atoms with Crippen LogP contribution in [0.25, 0.3) is 0 Å². The van der Waals surface area contributed by atoms with Gasteiger partial charge in [-0.25, -0.2) is 0 Å². The molecule has 1 rings (SSSR count). The quantitative estimate of drug-likeness (QED) is 0.817. The first kappa shape index (κ1) is 14.6. The van der Waals surface area contributed by atoms with E-state index in [1.54, 1.807) is 0 Å². The van der Waals surface area contributed by atoms with E-state index in [0.29, 0.717) is 12.2 Å². The van der Waals surface area contributed by atoms with Gasteiger partial charge in [0, 0.05) is 12.0 Å². The molecule has 0 aliphatic carbocycles. The third-order valence-electron chi connectivity index (χ3n) is 2.18. The molecule has 0 fully saturated rings. The number of thioether (sulfide) groups is 1. The first-order valence-electron chi connectivity index (χ1n) is 5.66. The summed E-state index contributed by atoms with van der Waals surface area (Å²) in [7, 11) is 0. The normalized spacial score (nSPS) is 9.50. The van der Waals surface area contributed by atoms with E-state index in [1.807, 2.05) is 31.4 Å². The molecule has 0 unspecified atom stereocenters. The van der Waals surface area contributed by atoms with Gasteiger partial charge in [-0.1, -0.05) is 17.9 Å². The van der Waals surface area contributed by atoms with Crippen LogP contribution >= 0.6 is 11.8 Å². The number of hydrogen-bond donors (Lipinski definition) is 2. The molecular weight excluding hydrogens is 246 g/mol. The van der Waals surface area contributed by atoms with Crippen LogP contribution in [-0.4, -0.2) is 29.6 Å². The Hall–Kier alpha value is -1.44. The third kappa shape index (κ3) is 4.82. The minimum Gasteiger partial charge on any atom is -0.395 e. The molecule has 0 saturated heterocycles. The molecule has 0 bridgehead atoms. The summed E-state index contributed by atoms with van der Waals surface area (Å²) >= 11 is 1.48. The van der Waals surface area contributed by atoms with Gasteiger partial charge in [0.25, 0.3) is 0 Å². The van der Waals surface area contributed by atoms with Gasteiger partial charge in [0.1, 0.15) is 0 Å². The van der Waals surface area contributed by atoms with Crippen molar-refractivity contribution in [1.82, 2.24) is 0 Å². The highest BCUT2D eigenvalue weighted by Gasteiger charge is 2.05. The molecule has 96 valence electrons. The van der Waals surface area contributed by atoms with Crippen LogP contribution in [0.3, 0.4) is 0 Å². The number of aliphatic hydroxyl groups excluding tert-OH is 1. The number of hydrogen-bond acceptors (Lipinski definition) is 3. The zero-order valence-electron chi connectivity index (χ0n) is 10.6. The van der Waals surface area contributed by atoms with Gasteiger partial charge < -0.3 is 10.4 Å². The van der Waals surface area contributed by atoms with Crippen LogP contribution < -0.4 is 5.32 Å². The minimum atomic E-state index is -0.0310. The van der Waals surface area contributed by atoms with Crippen LogP contribution in [-0.2, 0) is 4.79 Å². The van der Waals surface area contributed by atoms with Gasteiger partial charge in [-0.3, -0.25) is 4.79 Å². The monoisotopic (exact) mass is 263 g/mol. The summed E-state index contributed by atoms with van der Waals surface area (Å²) in [6, 6.07) is 5.72. The van der Waals surface area contributed by atoms with Crippen LogP contribution in [0.15, 0.2) is 18.2 Å². The maximum Gasteiger partial charge on any atom is 0.234 e. The van der Waals surface area contributed by atoms with Crippen molar-refractivity contribution < 1.29 is 9.90 Å². The molecule has 1 amide bonds. The lowest BCUT2D eigenvalue weighted by Crippen LogP contribution is -2.14. The molecule has 4 heteroatoms. The average molecular weight is 263 g/mol. The number of aryl methyl sites for hydroxylation is 1. The zero-order valence-corrected chi connectivity index (χ0v) is 11.4. The maximum atomic E-state index is 11.6. The Kier molecular flexibility index (Phi) is 6.34. The van der Waals surface area contributed by atoms with E-state index in [0.717, 1.165) is 16.8 Å². The molecule has 1 aromatic rings. The second kappa shape index (κ2) is 7.80. The highest BCUT2D eigenvalue weighted by atomic mass is 32.2. The van der Waals surface area contributed by atoms with Crippen molar-refractivity contribution in [2.24, 2.45) is 0 Å². The fourth-order valence-corrected chi connectivity index (χ4v) is 1.74. The molecule has 0 atom stereocenters. The number of carbonyl (C=O) groups is 1. The predicted molar refractivity (Wildman–Crippen MR) is 76.8 cm³/mol. The molecular formula is C14H17NO2S. The smallest absolute Gasteiger partial charge is 0.234 e. The Morgan fingerprint density at radius 3 is 2.94 bits per heavy atom. The summed E-state index contributed by atoms with van der Waals surface area (Å²) in [4.78, 5) is 11.6. The van der Waals surface area contributed by atoms with E-state index in [4.69, 9.17) is 5.11 Å². The summed E-state index contributed by atoms with van der Waals surface area (Å²) in [5, 5.41) is 11.5. The van der Waals surface area contributed by atoms with Crippen molar-refractivity contribution >= 4 is 23.4 Å². The van der Waals surface area contributed by atoms with Crippen LogP contribution in [0.4, 0.5) is 5.69 Å². The molecule has 1 aromatic carbocycles. The zero-order chi connectivity index (χ0) is 13.4. The molecule has 2 N–H and O–H groups in total. The van der Waals surface area contributed by atoms with Gasteiger partial charge in [-0.15, -0.1) is 0 Å². The van der Waals surface area contributed by atoms with E-state index in [2.05, 4.69) is 17.2 Å². The van der Waals surface area contributed by atoms with Crippen molar-refractivity contribution in [1.29, 1.82) is 0 Å². The fourth-order valence-electron chi connectivity index (χ4n) is 1.40. The number of rotatable bonds is 4. The van der Waals surface area contributed by atoms with Gasteiger partial charge in [-0.05, 0) is 30.9 Å². The van der Waals surface area contributed by atoms with Gasteiger partial charge in [0.15, 0.2) is 0 Å². The van der Waals surface area contributed by atoms with Crippen LogP contribution in [0.5, 0.6) is 0 Å². The van der Waals surface area contributed by atoms with Crippen molar-refractivity contribution in [2.75, 3.05) is 23.9 Å². The van der Waals surface area contributed by atoms with Crippen LogP contribution in [0.2, 0.25) is 0 Å². The molecule has 0 aliphatic heterocycles. The Labute approximate surface area is 112 Å². The van der Waals surface area contributed by atoms with Crippen molar-refractivity contribution in [3.63, 3.8) is 0 Å².